The molecule has 0 aliphatic rings. The summed E-state index contributed by atoms with van der Waals surface area (Å²) in [5.74, 6) is 0.771. The smallest absolute Gasteiger partial charge is 0.0487 e. The first-order valence-corrected chi connectivity index (χ1v) is 6.62. The van der Waals surface area contributed by atoms with Crippen molar-refractivity contribution in [2.45, 2.75) is 39.5 Å². The van der Waals surface area contributed by atoms with Crippen LogP contribution in [0.3, 0.4) is 0 Å². The third-order valence-corrected chi connectivity index (χ3v) is 2.69. The Balaban J connectivity index is 3.36. The zero-order valence-electron chi connectivity index (χ0n) is 11.3. The third kappa shape index (κ3) is 10.4. The van der Waals surface area contributed by atoms with Crippen LogP contribution in [0.4, 0.5) is 0 Å². The summed E-state index contributed by atoms with van der Waals surface area (Å²) in [5, 5.41) is 3.42. The van der Waals surface area contributed by atoms with E-state index >= 15 is 0 Å². The van der Waals surface area contributed by atoms with Crippen molar-refractivity contribution in [3.8, 4) is 0 Å². The van der Waals surface area contributed by atoms with Gasteiger partial charge in [0.25, 0.3) is 0 Å². The van der Waals surface area contributed by atoms with Crippen LogP contribution in [0.1, 0.15) is 39.5 Å². The fraction of sp³-hybridized carbons (Fsp3) is 1.00. The fourth-order valence-corrected chi connectivity index (χ4v) is 1.76. The van der Waals surface area contributed by atoms with Gasteiger partial charge in [0, 0.05) is 26.9 Å². The standard InChI is InChI=1S/C13H29NO2/c1-4-7-13(12-14-5-2)8-11-16-10-6-9-15-3/h13-14H,4-12H2,1-3H3. The molecule has 0 aromatic carbocycles. The monoisotopic (exact) mass is 231 g/mol. The van der Waals surface area contributed by atoms with Gasteiger partial charge in [-0.15, -0.1) is 0 Å². The number of hydrogen-bond donors (Lipinski definition) is 1. The second-order valence-electron chi connectivity index (χ2n) is 4.21. The SMILES string of the molecule is CCCC(CCOCCCOC)CNCC. The highest BCUT2D eigenvalue weighted by atomic mass is 16.5. The second kappa shape index (κ2) is 12.9. The van der Waals surface area contributed by atoms with Crippen molar-refractivity contribution >= 4 is 0 Å². The van der Waals surface area contributed by atoms with E-state index in [1.807, 2.05) is 0 Å². The van der Waals surface area contributed by atoms with Crippen LogP contribution in [0.25, 0.3) is 0 Å². The van der Waals surface area contributed by atoms with E-state index < -0.39 is 0 Å². The predicted molar refractivity (Wildman–Crippen MR) is 68.9 cm³/mol. The van der Waals surface area contributed by atoms with Gasteiger partial charge in [0.2, 0.25) is 0 Å². The van der Waals surface area contributed by atoms with Crippen LogP contribution in [0, 0.1) is 5.92 Å². The molecule has 0 aliphatic carbocycles. The first-order valence-electron chi connectivity index (χ1n) is 6.62. The average molecular weight is 231 g/mol. The molecule has 0 radical (unpaired) electrons. The highest BCUT2D eigenvalue weighted by Gasteiger charge is 2.06. The first kappa shape index (κ1) is 15.9. The minimum atomic E-state index is 0.771. The maximum atomic E-state index is 5.58. The molecule has 1 unspecified atom stereocenters. The zero-order chi connectivity index (χ0) is 12.1. The molecule has 16 heavy (non-hydrogen) atoms. The third-order valence-electron chi connectivity index (χ3n) is 2.69. The molecule has 0 aliphatic heterocycles. The van der Waals surface area contributed by atoms with Gasteiger partial charge in [-0.3, -0.25) is 0 Å². The van der Waals surface area contributed by atoms with Crippen molar-refractivity contribution in [1.82, 2.24) is 5.32 Å². The molecule has 98 valence electrons. The molecule has 0 saturated heterocycles. The quantitative estimate of drug-likeness (QED) is 0.523. The second-order valence-corrected chi connectivity index (χ2v) is 4.21. The molecular formula is C13H29NO2. The predicted octanol–water partition coefficient (Wildman–Crippen LogP) is 2.46. The maximum absolute atomic E-state index is 5.58. The number of hydrogen-bond acceptors (Lipinski definition) is 3. The van der Waals surface area contributed by atoms with E-state index in [9.17, 15) is 0 Å². The molecule has 0 amide bonds. The molecule has 3 heteroatoms. The van der Waals surface area contributed by atoms with Crippen molar-refractivity contribution in [1.29, 1.82) is 0 Å². The number of ether oxygens (including phenoxy) is 2. The average Bonchev–Trinajstić information content (AvgIpc) is 2.30. The van der Waals surface area contributed by atoms with Gasteiger partial charge in [-0.2, -0.15) is 0 Å². The summed E-state index contributed by atoms with van der Waals surface area (Å²) in [4.78, 5) is 0. The van der Waals surface area contributed by atoms with Gasteiger partial charge < -0.3 is 14.8 Å². The number of nitrogens with one attached hydrogen (secondary N) is 1. The molecule has 0 heterocycles. The highest BCUT2D eigenvalue weighted by molar-refractivity contribution is 4.61. The van der Waals surface area contributed by atoms with Gasteiger partial charge in [-0.05, 0) is 38.3 Å². The summed E-state index contributed by atoms with van der Waals surface area (Å²) in [6.45, 7) is 9.12. The summed E-state index contributed by atoms with van der Waals surface area (Å²) in [5.41, 5.74) is 0. The van der Waals surface area contributed by atoms with Crippen LogP contribution in [0.2, 0.25) is 0 Å². The lowest BCUT2D eigenvalue weighted by molar-refractivity contribution is 0.0928. The number of rotatable bonds is 12. The van der Waals surface area contributed by atoms with Gasteiger partial charge in [-0.25, -0.2) is 0 Å². The Morgan fingerprint density at radius 3 is 2.50 bits per heavy atom. The summed E-state index contributed by atoms with van der Waals surface area (Å²) >= 11 is 0. The maximum Gasteiger partial charge on any atom is 0.0487 e. The molecule has 0 aromatic heterocycles. The van der Waals surface area contributed by atoms with Crippen LogP contribution in [-0.4, -0.2) is 40.0 Å². The summed E-state index contributed by atoms with van der Waals surface area (Å²) in [7, 11) is 1.73. The lowest BCUT2D eigenvalue weighted by Crippen LogP contribution is -2.23. The molecule has 0 aromatic rings. The molecular weight excluding hydrogens is 202 g/mol. The molecule has 0 fully saturated rings. The van der Waals surface area contributed by atoms with E-state index in [0.717, 1.165) is 45.2 Å². The molecule has 0 saturated carbocycles. The molecule has 0 spiro atoms. The first-order chi connectivity index (χ1) is 7.85. The molecule has 0 rings (SSSR count). The van der Waals surface area contributed by atoms with Gasteiger partial charge in [0.15, 0.2) is 0 Å². The topological polar surface area (TPSA) is 30.5 Å². The van der Waals surface area contributed by atoms with E-state index in [0.29, 0.717) is 0 Å². The Labute approximate surface area is 101 Å². The van der Waals surface area contributed by atoms with Gasteiger partial charge in [0.05, 0.1) is 0 Å². The van der Waals surface area contributed by atoms with Crippen molar-refractivity contribution in [2.75, 3.05) is 40.0 Å². The summed E-state index contributed by atoms with van der Waals surface area (Å²) in [6.07, 6.45) is 4.74. The Morgan fingerprint density at radius 1 is 1.06 bits per heavy atom. The van der Waals surface area contributed by atoms with Crippen LogP contribution in [-0.2, 0) is 9.47 Å². The van der Waals surface area contributed by atoms with E-state index in [2.05, 4.69) is 19.2 Å². The Hall–Kier alpha value is -0.120. The van der Waals surface area contributed by atoms with Crippen molar-refractivity contribution in [2.24, 2.45) is 5.92 Å². The molecule has 1 N–H and O–H groups in total. The zero-order valence-corrected chi connectivity index (χ0v) is 11.3. The van der Waals surface area contributed by atoms with Crippen LogP contribution in [0.15, 0.2) is 0 Å². The van der Waals surface area contributed by atoms with Crippen LogP contribution < -0.4 is 5.32 Å². The van der Waals surface area contributed by atoms with Gasteiger partial charge in [0.1, 0.15) is 0 Å². The molecule has 0 bridgehead atoms. The summed E-state index contributed by atoms with van der Waals surface area (Å²) < 4.78 is 10.6. The van der Waals surface area contributed by atoms with E-state index in [1.165, 1.54) is 19.3 Å². The van der Waals surface area contributed by atoms with E-state index in [-0.39, 0.29) is 0 Å². The summed E-state index contributed by atoms with van der Waals surface area (Å²) in [6, 6.07) is 0. The van der Waals surface area contributed by atoms with Gasteiger partial charge >= 0.3 is 0 Å². The minimum absolute atomic E-state index is 0.771. The molecule has 3 nitrogen and oxygen atoms in total. The Kier molecular flexibility index (Phi) is 12.9. The van der Waals surface area contributed by atoms with Crippen molar-refractivity contribution < 1.29 is 9.47 Å². The lowest BCUT2D eigenvalue weighted by Gasteiger charge is -2.16. The normalized spacial score (nSPS) is 12.9. The lowest BCUT2D eigenvalue weighted by atomic mass is 10.0. The minimum Gasteiger partial charge on any atom is -0.385 e. The van der Waals surface area contributed by atoms with Crippen molar-refractivity contribution in [3.63, 3.8) is 0 Å². The fourth-order valence-electron chi connectivity index (χ4n) is 1.76. The molecule has 1 atom stereocenters. The Bertz CT molecular complexity index is 131. The largest absolute Gasteiger partial charge is 0.385 e. The van der Waals surface area contributed by atoms with E-state index in [1.54, 1.807) is 7.11 Å². The highest BCUT2D eigenvalue weighted by Crippen LogP contribution is 2.10. The Morgan fingerprint density at radius 2 is 1.88 bits per heavy atom. The van der Waals surface area contributed by atoms with E-state index in [4.69, 9.17) is 9.47 Å². The number of methoxy groups -OCH3 is 1. The van der Waals surface area contributed by atoms with Crippen LogP contribution in [0.5, 0.6) is 0 Å². The van der Waals surface area contributed by atoms with Gasteiger partial charge in [-0.1, -0.05) is 20.3 Å². The van der Waals surface area contributed by atoms with Crippen molar-refractivity contribution in [3.05, 3.63) is 0 Å². The van der Waals surface area contributed by atoms with Crippen LogP contribution >= 0.6 is 0 Å².